The van der Waals surface area contributed by atoms with Gasteiger partial charge in [-0.3, -0.25) is 0 Å². The molecular formula is C15H19F3O2. The number of aliphatic hydroxyl groups excluding tert-OH is 1. The van der Waals surface area contributed by atoms with Gasteiger partial charge in [-0.15, -0.1) is 0 Å². The van der Waals surface area contributed by atoms with Crippen LogP contribution in [0.4, 0.5) is 13.2 Å². The first-order valence-corrected chi connectivity index (χ1v) is 6.97. The maximum atomic E-state index is 13.8. The zero-order valence-corrected chi connectivity index (χ0v) is 11.5. The predicted molar refractivity (Wildman–Crippen MR) is 68.7 cm³/mol. The summed E-state index contributed by atoms with van der Waals surface area (Å²) < 4.78 is 45.8. The number of rotatable bonds is 4. The zero-order chi connectivity index (χ0) is 14.8. The minimum atomic E-state index is -1.55. The summed E-state index contributed by atoms with van der Waals surface area (Å²) >= 11 is 0. The van der Waals surface area contributed by atoms with Crippen molar-refractivity contribution in [2.24, 2.45) is 0 Å². The fourth-order valence-corrected chi connectivity index (χ4v) is 2.97. The van der Waals surface area contributed by atoms with E-state index in [2.05, 4.69) is 0 Å². The van der Waals surface area contributed by atoms with Gasteiger partial charge in [0.15, 0.2) is 17.5 Å². The van der Waals surface area contributed by atoms with Crippen molar-refractivity contribution in [1.82, 2.24) is 0 Å². The summed E-state index contributed by atoms with van der Waals surface area (Å²) in [4.78, 5) is 0. The van der Waals surface area contributed by atoms with Gasteiger partial charge in [-0.1, -0.05) is 25.3 Å². The van der Waals surface area contributed by atoms with E-state index >= 15 is 0 Å². The number of benzene rings is 1. The quantitative estimate of drug-likeness (QED) is 0.852. The van der Waals surface area contributed by atoms with Crippen molar-refractivity contribution in [3.63, 3.8) is 0 Å². The van der Waals surface area contributed by atoms with Gasteiger partial charge in [-0.25, -0.2) is 13.2 Å². The summed E-state index contributed by atoms with van der Waals surface area (Å²) in [7, 11) is 0. The Kier molecular flexibility index (Phi) is 4.70. The maximum Gasteiger partial charge on any atom is 0.194 e. The van der Waals surface area contributed by atoms with E-state index in [1.165, 1.54) is 0 Å². The van der Waals surface area contributed by atoms with Crippen LogP contribution in [0.5, 0.6) is 0 Å². The highest BCUT2D eigenvalue weighted by Gasteiger charge is 2.42. The third-order valence-electron chi connectivity index (χ3n) is 3.99. The summed E-state index contributed by atoms with van der Waals surface area (Å²) in [5.41, 5.74) is -1.14. The molecular weight excluding hydrogens is 269 g/mol. The third-order valence-corrected chi connectivity index (χ3v) is 3.99. The van der Waals surface area contributed by atoms with Gasteiger partial charge in [-0.2, -0.15) is 0 Å². The van der Waals surface area contributed by atoms with E-state index in [9.17, 15) is 18.3 Å². The molecule has 1 aromatic rings. The molecule has 1 N–H and O–H groups in total. The van der Waals surface area contributed by atoms with Crippen molar-refractivity contribution in [3.05, 3.63) is 35.1 Å². The fraction of sp³-hybridized carbons (Fsp3) is 0.600. The molecule has 1 aromatic carbocycles. The summed E-state index contributed by atoms with van der Waals surface area (Å²) in [6.45, 7) is 2.17. The first kappa shape index (κ1) is 15.3. The van der Waals surface area contributed by atoms with E-state index < -0.39 is 29.2 Å². The molecule has 0 aromatic heterocycles. The molecule has 0 heterocycles. The molecule has 0 spiro atoms. The molecule has 1 saturated carbocycles. The van der Waals surface area contributed by atoms with Crippen LogP contribution in [0.15, 0.2) is 12.1 Å². The van der Waals surface area contributed by atoms with Crippen LogP contribution in [0.1, 0.15) is 50.7 Å². The Morgan fingerprint density at radius 1 is 1.15 bits per heavy atom. The molecule has 5 heteroatoms. The topological polar surface area (TPSA) is 29.5 Å². The minimum Gasteiger partial charge on any atom is -0.385 e. The second-order valence-corrected chi connectivity index (χ2v) is 5.23. The summed E-state index contributed by atoms with van der Waals surface area (Å²) in [5, 5.41) is 10.5. The molecule has 2 rings (SSSR count). The standard InChI is InChI=1S/C15H19F3O2/c1-2-20-15(8-4-3-5-9-15)14(19)10-6-7-11(16)13(18)12(10)17/h6-7,14,19H,2-5,8-9H2,1H3. The van der Waals surface area contributed by atoms with Gasteiger partial charge in [0.1, 0.15) is 6.10 Å². The molecule has 1 fully saturated rings. The summed E-state index contributed by atoms with van der Waals surface area (Å²) in [6.07, 6.45) is 2.63. The van der Waals surface area contributed by atoms with Gasteiger partial charge in [-0.05, 0) is 25.8 Å². The molecule has 1 aliphatic carbocycles. The largest absolute Gasteiger partial charge is 0.385 e. The maximum absolute atomic E-state index is 13.8. The number of ether oxygens (including phenoxy) is 1. The van der Waals surface area contributed by atoms with Crippen molar-refractivity contribution in [3.8, 4) is 0 Å². The van der Waals surface area contributed by atoms with Gasteiger partial charge in [0.2, 0.25) is 0 Å². The second kappa shape index (κ2) is 6.14. The number of hydrogen-bond donors (Lipinski definition) is 1. The Bertz CT molecular complexity index is 465. The third kappa shape index (κ3) is 2.69. The molecule has 0 radical (unpaired) electrons. The van der Waals surface area contributed by atoms with Gasteiger partial charge >= 0.3 is 0 Å². The molecule has 0 saturated heterocycles. The molecule has 112 valence electrons. The lowest BCUT2D eigenvalue weighted by Crippen LogP contribution is -2.42. The monoisotopic (exact) mass is 288 g/mol. The average Bonchev–Trinajstić information content (AvgIpc) is 2.46. The zero-order valence-electron chi connectivity index (χ0n) is 11.5. The molecule has 1 atom stereocenters. The van der Waals surface area contributed by atoms with Crippen LogP contribution in [0.2, 0.25) is 0 Å². The fourth-order valence-electron chi connectivity index (χ4n) is 2.97. The Morgan fingerprint density at radius 2 is 1.80 bits per heavy atom. The Morgan fingerprint density at radius 3 is 2.40 bits per heavy atom. The molecule has 0 bridgehead atoms. The van der Waals surface area contributed by atoms with Gasteiger partial charge < -0.3 is 9.84 Å². The van der Waals surface area contributed by atoms with Crippen LogP contribution in [0.25, 0.3) is 0 Å². The highest BCUT2D eigenvalue weighted by molar-refractivity contribution is 5.25. The van der Waals surface area contributed by atoms with Crippen LogP contribution in [-0.2, 0) is 4.74 Å². The lowest BCUT2D eigenvalue weighted by Gasteiger charge is -2.41. The van der Waals surface area contributed by atoms with Gasteiger partial charge in [0, 0.05) is 12.2 Å². The van der Waals surface area contributed by atoms with Crippen LogP contribution >= 0.6 is 0 Å². The first-order valence-electron chi connectivity index (χ1n) is 6.97. The highest BCUT2D eigenvalue weighted by atomic mass is 19.2. The normalized spacial score (nSPS) is 19.9. The lowest BCUT2D eigenvalue weighted by atomic mass is 9.78. The lowest BCUT2D eigenvalue weighted by molar-refractivity contribution is -0.142. The van der Waals surface area contributed by atoms with Crippen molar-refractivity contribution in [2.45, 2.75) is 50.7 Å². The van der Waals surface area contributed by atoms with Crippen molar-refractivity contribution >= 4 is 0 Å². The number of hydrogen-bond acceptors (Lipinski definition) is 2. The van der Waals surface area contributed by atoms with E-state index in [4.69, 9.17) is 4.74 Å². The molecule has 1 aliphatic rings. The molecule has 0 amide bonds. The van der Waals surface area contributed by atoms with E-state index in [0.29, 0.717) is 19.4 Å². The molecule has 2 nitrogen and oxygen atoms in total. The van der Waals surface area contributed by atoms with Crippen LogP contribution in [-0.4, -0.2) is 17.3 Å². The van der Waals surface area contributed by atoms with Crippen LogP contribution in [0, 0.1) is 17.5 Å². The predicted octanol–water partition coefficient (Wildman–Crippen LogP) is 3.88. The second-order valence-electron chi connectivity index (χ2n) is 5.23. The summed E-state index contributed by atoms with van der Waals surface area (Å²) in [5.74, 6) is -4.14. The molecule has 1 unspecified atom stereocenters. The van der Waals surface area contributed by atoms with E-state index in [1.54, 1.807) is 6.92 Å². The smallest absolute Gasteiger partial charge is 0.194 e. The van der Waals surface area contributed by atoms with Crippen molar-refractivity contribution in [1.29, 1.82) is 0 Å². The van der Waals surface area contributed by atoms with Gasteiger partial charge in [0.25, 0.3) is 0 Å². The minimum absolute atomic E-state index is 0.237. The SMILES string of the molecule is CCOC1(C(O)c2ccc(F)c(F)c2F)CCCCC1. The van der Waals surface area contributed by atoms with Crippen molar-refractivity contribution < 1.29 is 23.0 Å². The van der Waals surface area contributed by atoms with Crippen LogP contribution in [0.3, 0.4) is 0 Å². The molecule has 0 aliphatic heterocycles. The number of halogens is 3. The highest BCUT2D eigenvalue weighted by Crippen LogP contribution is 2.42. The van der Waals surface area contributed by atoms with Gasteiger partial charge in [0.05, 0.1) is 5.60 Å². The van der Waals surface area contributed by atoms with Crippen molar-refractivity contribution in [2.75, 3.05) is 6.61 Å². The Balaban J connectivity index is 2.37. The Labute approximate surface area is 116 Å². The average molecular weight is 288 g/mol. The van der Waals surface area contributed by atoms with E-state index in [1.807, 2.05) is 0 Å². The number of aliphatic hydroxyl groups is 1. The van der Waals surface area contributed by atoms with E-state index in [-0.39, 0.29) is 5.56 Å². The molecule has 20 heavy (non-hydrogen) atoms. The Hall–Kier alpha value is -1.07. The first-order chi connectivity index (χ1) is 9.52. The van der Waals surface area contributed by atoms with Crippen LogP contribution < -0.4 is 0 Å². The van der Waals surface area contributed by atoms with E-state index in [0.717, 1.165) is 31.4 Å². The summed E-state index contributed by atoms with van der Waals surface area (Å²) in [6, 6.07) is 1.92.